The van der Waals surface area contributed by atoms with Crippen LogP contribution in [0.4, 0.5) is 0 Å². The summed E-state index contributed by atoms with van der Waals surface area (Å²) in [6.45, 7) is 8.05. The molecule has 0 amide bonds. The molecule has 1 aromatic carbocycles. The zero-order valence-corrected chi connectivity index (χ0v) is 10.5. The van der Waals surface area contributed by atoms with Gasteiger partial charge < -0.3 is 5.41 Å². The monoisotopic (exact) mass is 216 g/mol. The van der Waals surface area contributed by atoms with E-state index in [4.69, 9.17) is 5.41 Å². The Hall–Kier alpha value is -1.44. The van der Waals surface area contributed by atoms with Crippen LogP contribution in [0, 0.1) is 19.3 Å². The molecular weight excluding hydrogens is 196 g/mol. The highest BCUT2D eigenvalue weighted by molar-refractivity contribution is 5.88. The maximum absolute atomic E-state index is 7.59. The summed E-state index contributed by atoms with van der Waals surface area (Å²) in [6, 6.07) is 6.35. The number of aryl methyl sites for hydroxylation is 2. The van der Waals surface area contributed by atoms with E-state index in [1.165, 1.54) is 11.1 Å². The number of hydrogen-bond donors (Lipinski definition) is 1. The van der Waals surface area contributed by atoms with E-state index in [1.807, 2.05) is 13.1 Å². The van der Waals surface area contributed by atoms with Crippen LogP contribution < -0.4 is 0 Å². The molecule has 0 aromatic heterocycles. The van der Waals surface area contributed by atoms with Crippen LogP contribution in [0.15, 0.2) is 23.2 Å². The third-order valence-corrected chi connectivity index (χ3v) is 2.71. The fraction of sp³-hybridized carbons (Fsp3) is 0.429. The summed E-state index contributed by atoms with van der Waals surface area (Å²) in [5.74, 6) is 0. The van der Waals surface area contributed by atoms with Gasteiger partial charge in [0.2, 0.25) is 0 Å². The normalized spacial score (nSPS) is 13.0. The molecule has 0 aliphatic carbocycles. The fourth-order valence-electron chi connectivity index (χ4n) is 1.66. The number of benzene rings is 1. The summed E-state index contributed by atoms with van der Waals surface area (Å²) in [5.41, 5.74) is 4.28. The second kappa shape index (κ2) is 5.59. The minimum atomic E-state index is 0.0284. The van der Waals surface area contributed by atoms with Crippen LogP contribution in [0.1, 0.15) is 37.0 Å². The lowest BCUT2D eigenvalue weighted by Gasteiger charge is -2.07. The van der Waals surface area contributed by atoms with E-state index in [1.54, 1.807) is 0 Å². The van der Waals surface area contributed by atoms with Crippen molar-refractivity contribution >= 4 is 11.9 Å². The second-order valence-electron chi connectivity index (χ2n) is 4.25. The fourth-order valence-corrected chi connectivity index (χ4v) is 1.66. The maximum Gasteiger partial charge on any atom is 0.0868 e. The number of nitrogens with zero attached hydrogens (tertiary/aromatic N) is 1. The molecule has 2 nitrogen and oxygen atoms in total. The van der Waals surface area contributed by atoms with E-state index < -0.39 is 0 Å². The average Bonchev–Trinajstić information content (AvgIpc) is 2.21. The summed E-state index contributed by atoms with van der Waals surface area (Å²) < 4.78 is 0. The Kier molecular flexibility index (Phi) is 4.41. The lowest BCUT2D eigenvalue weighted by Crippen LogP contribution is -2.13. The molecule has 16 heavy (non-hydrogen) atoms. The van der Waals surface area contributed by atoms with Gasteiger partial charge in [0, 0.05) is 11.9 Å². The molecule has 1 rings (SSSR count). The Morgan fingerprint density at radius 3 is 2.62 bits per heavy atom. The topological polar surface area (TPSA) is 36.2 Å². The standard InChI is InChI=1S/C14H20N2/c1-5-14(12(4)15)16-9-13-7-6-10(2)8-11(13)3/h6-9,14-15H,5H2,1-4H3. The first-order valence-electron chi connectivity index (χ1n) is 5.70. The van der Waals surface area contributed by atoms with Crippen LogP contribution in [0.2, 0.25) is 0 Å². The summed E-state index contributed by atoms with van der Waals surface area (Å²) >= 11 is 0. The van der Waals surface area contributed by atoms with E-state index >= 15 is 0 Å². The van der Waals surface area contributed by atoms with E-state index in [2.05, 4.69) is 44.0 Å². The zero-order valence-electron chi connectivity index (χ0n) is 10.5. The van der Waals surface area contributed by atoms with Crippen molar-refractivity contribution in [1.29, 1.82) is 5.41 Å². The van der Waals surface area contributed by atoms with Gasteiger partial charge in [-0.05, 0) is 38.3 Å². The first kappa shape index (κ1) is 12.6. The molecular formula is C14H20N2. The number of rotatable bonds is 4. The molecule has 1 unspecified atom stereocenters. The molecule has 0 aliphatic rings. The smallest absolute Gasteiger partial charge is 0.0868 e. The van der Waals surface area contributed by atoms with Gasteiger partial charge in [-0.25, -0.2) is 0 Å². The number of aliphatic imine (C=N–C) groups is 1. The number of nitrogens with one attached hydrogen (secondary N) is 1. The van der Waals surface area contributed by atoms with Crippen molar-refractivity contribution in [2.75, 3.05) is 0 Å². The molecule has 2 heteroatoms. The summed E-state index contributed by atoms with van der Waals surface area (Å²) in [7, 11) is 0. The lowest BCUT2D eigenvalue weighted by molar-refractivity contribution is 0.816. The SMILES string of the molecule is CCC(N=Cc1ccc(C)cc1C)C(C)=N. The van der Waals surface area contributed by atoms with Crippen molar-refractivity contribution in [3.8, 4) is 0 Å². The Bertz CT molecular complexity index is 405. The largest absolute Gasteiger partial charge is 0.308 e. The second-order valence-corrected chi connectivity index (χ2v) is 4.25. The van der Waals surface area contributed by atoms with E-state index in [-0.39, 0.29) is 6.04 Å². The van der Waals surface area contributed by atoms with Crippen molar-refractivity contribution in [2.45, 2.75) is 40.2 Å². The van der Waals surface area contributed by atoms with Crippen molar-refractivity contribution < 1.29 is 0 Å². The first-order chi connectivity index (χ1) is 7.54. The van der Waals surface area contributed by atoms with Crippen LogP contribution in [-0.4, -0.2) is 18.0 Å². The predicted molar refractivity (Wildman–Crippen MR) is 71.0 cm³/mol. The Balaban J connectivity index is 2.87. The summed E-state index contributed by atoms with van der Waals surface area (Å²) in [5, 5.41) is 7.59. The van der Waals surface area contributed by atoms with Crippen molar-refractivity contribution in [3.05, 3.63) is 34.9 Å². The van der Waals surface area contributed by atoms with E-state index in [0.29, 0.717) is 5.71 Å². The van der Waals surface area contributed by atoms with Gasteiger partial charge in [-0.3, -0.25) is 4.99 Å². The van der Waals surface area contributed by atoms with Gasteiger partial charge in [0.1, 0.15) is 0 Å². The Morgan fingerprint density at radius 2 is 2.12 bits per heavy atom. The van der Waals surface area contributed by atoms with Gasteiger partial charge in [0.25, 0.3) is 0 Å². The van der Waals surface area contributed by atoms with Gasteiger partial charge in [-0.2, -0.15) is 0 Å². The van der Waals surface area contributed by atoms with Gasteiger partial charge in [0.05, 0.1) is 6.04 Å². The van der Waals surface area contributed by atoms with Crippen molar-refractivity contribution in [2.24, 2.45) is 4.99 Å². The van der Waals surface area contributed by atoms with Crippen LogP contribution in [0.5, 0.6) is 0 Å². The minimum absolute atomic E-state index is 0.0284. The van der Waals surface area contributed by atoms with Crippen molar-refractivity contribution in [3.63, 3.8) is 0 Å². The van der Waals surface area contributed by atoms with Gasteiger partial charge in [-0.15, -0.1) is 0 Å². The van der Waals surface area contributed by atoms with Gasteiger partial charge in [-0.1, -0.05) is 30.7 Å². The highest BCUT2D eigenvalue weighted by atomic mass is 14.8. The molecule has 86 valence electrons. The summed E-state index contributed by atoms with van der Waals surface area (Å²) in [4.78, 5) is 4.45. The third-order valence-electron chi connectivity index (χ3n) is 2.71. The minimum Gasteiger partial charge on any atom is -0.308 e. The molecule has 1 atom stereocenters. The van der Waals surface area contributed by atoms with Gasteiger partial charge >= 0.3 is 0 Å². The Morgan fingerprint density at radius 1 is 1.44 bits per heavy atom. The molecule has 0 saturated heterocycles. The average molecular weight is 216 g/mol. The molecule has 0 radical (unpaired) electrons. The third kappa shape index (κ3) is 3.30. The van der Waals surface area contributed by atoms with E-state index in [0.717, 1.165) is 12.0 Å². The first-order valence-corrected chi connectivity index (χ1v) is 5.70. The molecule has 1 N–H and O–H groups in total. The Labute approximate surface area is 97.9 Å². The molecule has 0 bridgehead atoms. The summed E-state index contributed by atoms with van der Waals surface area (Å²) in [6.07, 6.45) is 2.78. The number of hydrogen-bond acceptors (Lipinski definition) is 2. The van der Waals surface area contributed by atoms with Gasteiger partial charge in [0.15, 0.2) is 0 Å². The molecule has 1 aromatic rings. The molecule has 0 fully saturated rings. The molecule has 0 heterocycles. The van der Waals surface area contributed by atoms with Crippen LogP contribution in [-0.2, 0) is 0 Å². The quantitative estimate of drug-likeness (QED) is 0.747. The zero-order chi connectivity index (χ0) is 12.1. The van der Waals surface area contributed by atoms with Crippen LogP contribution in [0.3, 0.4) is 0 Å². The highest BCUT2D eigenvalue weighted by Gasteiger charge is 2.04. The highest BCUT2D eigenvalue weighted by Crippen LogP contribution is 2.09. The predicted octanol–water partition coefficient (Wildman–Crippen LogP) is 3.54. The molecule has 0 spiro atoms. The molecule has 0 saturated carbocycles. The maximum atomic E-state index is 7.59. The lowest BCUT2D eigenvalue weighted by atomic mass is 10.1. The van der Waals surface area contributed by atoms with Crippen LogP contribution >= 0.6 is 0 Å². The molecule has 0 aliphatic heterocycles. The van der Waals surface area contributed by atoms with E-state index in [9.17, 15) is 0 Å². The van der Waals surface area contributed by atoms with Crippen LogP contribution in [0.25, 0.3) is 0 Å². The van der Waals surface area contributed by atoms with Crippen molar-refractivity contribution in [1.82, 2.24) is 0 Å².